The molecule has 1 saturated carbocycles. The largest absolute Gasteiger partial charge is 0.508 e. The summed E-state index contributed by atoms with van der Waals surface area (Å²) in [6.45, 7) is 6.52. The number of phenolic OH excluding ortho intramolecular Hbond substituents is 1. The van der Waals surface area contributed by atoms with Crippen molar-refractivity contribution in [1.29, 1.82) is 0 Å². The van der Waals surface area contributed by atoms with Crippen molar-refractivity contribution in [2.45, 2.75) is 42.7 Å². The molecule has 1 heterocycles. The number of carbonyl (C=O) groups excluding carboxylic acids is 1. The first-order chi connectivity index (χ1) is 16.9. The summed E-state index contributed by atoms with van der Waals surface area (Å²) in [5.74, 6) is 0.877. The van der Waals surface area contributed by atoms with Gasteiger partial charge >= 0.3 is 0 Å². The van der Waals surface area contributed by atoms with E-state index in [0.29, 0.717) is 0 Å². The molecule has 1 saturated heterocycles. The van der Waals surface area contributed by atoms with Crippen LogP contribution in [0, 0.1) is 0 Å². The summed E-state index contributed by atoms with van der Waals surface area (Å²) in [5.41, 5.74) is 1.37. The summed E-state index contributed by atoms with van der Waals surface area (Å²) < 4.78 is 12.0. The van der Waals surface area contributed by atoms with E-state index in [9.17, 15) is 9.90 Å². The number of ether oxygens (including phenoxy) is 2. The summed E-state index contributed by atoms with van der Waals surface area (Å²) in [7, 11) is 3.51. The lowest BCUT2D eigenvalue weighted by molar-refractivity contribution is -0.148. The maximum atomic E-state index is 12.8. The van der Waals surface area contributed by atoms with Crippen LogP contribution in [0.25, 0.3) is 6.08 Å². The molecule has 3 atom stereocenters. The van der Waals surface area contributed by atoms with Crippen molar-refractivity contribution in [3.63, 3.8) is 0 Å². The van der Waals surface area contributed by atoms with Crippen LogP contribution in [0.15, 0.2) is 67.3 Å². The summed E-state index contributed by atoms with van der Waals surface area (Å²) in [6, 6.07) is 15.2. The van der Waals surface area contributed by atoms with Gasteiger partial charge in [0.1, 0.15) is 11.5 Å². The highest BCUT2D eigenvalue weighted by atomic mass is 16.5. The Labute approximate surface area is 208 Å². The first kappa shape index (κ1) is 25.0. The molecule has 2 fully saturated rings. The molecule has 0 radical (unpaired) electrons. The summed E-state index contributed by atoms with van der Waals surface area (Å²) in [4.78, 5) is 15.2. The van der Waals surface area contributed by atoms with Crippen molar-refractivity contribution in [1.82, 2.24) is 10.2 Å². The number of likely N-dealkylation sites (tertiary alicyclic amines) is 1. The fraction of sp³-hybridized carbons (Fsp3) is 0.414. The van der Waals surface area contributed by atoms with E-state index in [2.05, 4.69) is 28.9 Å². The minimum absolute atomic E-state index is 0.0248. The van der Waals surface area contributed by atoms with Gasteiger partial charge in [-0.3, -0.25) is 9.69 Å². The lowest BCUT2D eigenvalue weighted by Crippen LogP contribution is -2.67. The lowest BCUT2D eigenvalue weighted by Gasteiger charge is -2.59. The van der Waals surface area contributed by atoms with Gasteiger partial charge in [-0.25, -0.2) is 0 Å². The zero-order chi connectivity index (χ0) is 24.9. The molecule has 0 aromatic heterocycles. The van der Waals surface area contributed by atoms with Crippen LogP contribution in [0.1, 0.15) is 36.8 Å². The Hall–Kier alpha value is -3.09. The molecule has 6 heteroatoms. The van der Waals surface area contributed by atoms with Gasteiger partial charge in [-0.1, -0.05) is 30.3 Å². The Bertz CT molecular complexity index is 1080. The molecule has 1 amide bonds. The molecule has 3 unspecified atom stereocenters. The predicted molar refractivity (Wildman–Crippen MR) is 139 cm³/mol. The van der Waals surface area contributed by atoms with Crippen molar-refractivity contribution < 1.29 is 19.4 Å². The first-order valence-electron chi connectivity index (χ1n) is 12.2. The molecule has 4 rings (SSSR count). The molecule has 2 aliphatic rings. The maximum Gasteiger partial charge on any atom is 0.244 e. The number of benzene rings is 2. The average molecular weight is 477 g/mol. The van der Waals surface area contributed by atoms with E-state index in [4.69, 9.17) is 9.47 Å². The Morgan fingerprint density at radius 2 is 2.06 bits per heavy atom. The van der Waals surface area contributed by atoms with E-state index in [1.807, 2.05) is 31.4 Å². The number of rotatable bonds is 8. The molecular weight excluding hydrogens is 440 g/mol. The van der Waals surface area contributed by atoms with Crippen LogP contribution in [0.5, 0.6) is 11.5 Å². The quantitative estimate of drug-likeness (QED) is 0.439. The number of hydrogen-bond acceptors (Lipinski definition) is 5. The van der Waals surface area contributed by atoms with Gasteiger partial charge in [0.25, 0.3) is 0 Å². The second-order valence-corrected chi connectivity index (χ2v) is 9.66. The van der Waals surface area contributed by atoms with Crippen LogP contribution in [0.4, 0.5) is 0 Å². The van der Waals surface area contributed by atoms with Crippen LogP contribution >= 0.6 is 0 Å². The van der Waals surface area contributed by atoms with Gasteiger partial charge in [0, 0.05) is 37.7 Å². The second kappa shape index (κ2) is 10.7. The molecule has 35 heavy (non-hydrogen) atoms. The van der Waals surface area contributed by atoms with Gasteiger partial charge < -0.3 is 19.9 Å². The van der Waals surface area contributed by atoms with E-state index >= 15 is 0 Å². The third-order valence-electron chi connectivity index (χ3n) is 7.74. The van der Waals surface area contributed by atoms with Crippen LogP contribution in [-0.2, 0) is 14.9 Å². The topological polar surface area (TPSA) is 71.0 Å². The molecule has 2 aromatic rings. The Morgan fingerprint density at radius 3 is 2.80 bits per heavy atom. The molecule has 0 spiro atoms. The van der Waals surface area contributed by atoms with Crippen molar-refractivity contribution in [2.75, 3.05) is 33.9 Å². The number of phenols is 1. The Balaban J connectivity index is 1.60. The van der Waals surface area contributed by atoms with Crippen LogP contribution in [0.2, 0.25) is 0 Å². The number of carbonyl (C=O) groups is 1. The third kappa shape index (κ3) is 5.14. The third-order valence-corrected chi connectivity index (χ3v) is 7.74. The minimum Gasteiger partial charge on any atom is -0.508 e. The normalized spacial score (nSPS) is 26.7. The number of methoxy groups -OCH3 is 2. The lowest BCUT2D eigenvalue weighted by atomic mass is 9.55. The number of hydrogen-bond donors (Lipinski definition) is 2. The highest BCUT2D eigenvalue weighted by Crippen LogP contribution is 2.53. The fourth-order valence-electron chi connectivity index (χ4n) is 6.02. The minimum atomic E-state index is -0.362. The van der Waals surface area contributed by atoms with E-state index < -0.39 is 0 Å². The SMILES string of the molecule is C=CCN1CCC2(c3cccc(OC)c3)CC(NC(=O)/C=C/c3cccc(O)c3)CCC2(OC)C1. The van der Waals surface area contributed by atoms with E-state index in [1.54, 1.807) is 31.4 Å². The van der Waals surface area contributed by atoms with Gasteiger partial charge in [0.2, 0.25) is 5.91 Å². The summed E-state index contributed by atoms with van der Waals surface area (Å²) >= 11 is 0. The molecular formula is C29H36N2O4. The van der Waals surface area contributed by atoms with Crippen LogP contribution in [0.3, 0.4) is 0 Å². The Morgan fingerprint density at radius 1 is 1.23 bits per heavy atom. The van der Waals surface area contributed by atoms with Crippen molar-refractivity contribution >= 4 is 12.0 Å². The van der Waals surface area contributed by atoms with Crippen molar-refractivity contribution in [3.8, 4) is 11.5 Å². The van der Waals surface area contributed by atoms with Gasteiger partial charge in [0.05, 0.1) is 12.7 Å². The number of aromatic hydroxyl groups is 1. The number of amides is 1. The molecule has 1 aliphatic carbocycles. The van der Waals surface area contributed by atoms with E-state index in [0.717, 1.165) is 56.6 Å². The fourth-order valence-corrected chi connectivity index (χ4v) is 6.02. The first-order valence-corrected chi connectivity index (χ1v) is 12.2. The number of nitrogens with zero attached hydrogens (tertiary/aromatic N) is 1. The van der Waals surface area contributed by atoms with Gasteiger partial charge in [0.15, 0.2) is 0 Å². The number of piperidine rings is 1. The maximum absolute atomic E-state index is 12.8. The van der Waals surface area contributed by atoms with Crippen LogP contribution in [-0.4, -0.2) is 61.4 Å². The zero-order valence-electron chi connectivity index (χ0n) is 20.7. The van der Waals surface area contributed by atoms with Crippen molar-refractivity contribution in [3.05, 3.63) is 78.4 Å². The average Bonchev–Trinajstić information content (AvgIpc) is 2.88. The molecule has 2 aromatic carbocycles. The number of fused-ring (bicyclic) bond motifs is 1. The summed E-state index contributed by atoms with van der Waals surface area (Å²) in [6.07, 6.45) is 8.62. The molecule has 1 aliphatic heterocycles. The van der Waals surface area contributed by atoms with Crippen molar-refractivity contribution in [2.24, 2.45) is 0 Å². The van der Waals surface area contributed by atoms with Gasteiger partial charge in [-0.05, 0) is 73.7 Å². The molecule has 186 valence electrons. The van der Waals surface area contributed by atoms with Gasteiger partial charge in [-0.2, -0.15) is 0 Å². The standard InChI is InChI=1S/C29H36N2O4/c1-4-16-31-17-15-28(23-8-6-10-26(19-23)34-2)20-24(13-14-29(28,21-31)35-3)30-27(33)12-11-22-7-5-9-25(32)18-22/h4-12,18-19,24,32H,1,13-17,20-21H2,2-3H3,(H,30,33)/b12-11+. The molecule has 6 nitrogen and oxygen atoms in total. The van der Waals surface area contributed by atoms with E-state index in [-0.39, 0.29) is 28.7 Å². The molecule has 0 bridgehead atoms. The van der Waals surface area contributed by atoms with Crippen LogP contribution < -0.4 is 10.1 Å². The Kier molecular flexibility index (Phi) is 7.63. The number of nitrogens with one attached hydrogen (secondary N) is 1. The highest BCUT2D eigenvalue weighted by molar-refractivity contribution is 5.92. The smallest absolute Gasteiger partial charge is 0.244 e. The second-order valence-electron chi connectivity index (χ2n) is 9.66. The van der Waals surface area contributed by atoms with Gasteiger partial charge in [-0.15, -0.1) is 6.58 Å². The zero-order valence-corrected chi connectivity index (χ0v) is 20.7. The predicted octanol–water partition coefficient (Wildman–Crippen LogP) is 4.30. The van der Waals surface area contributed by atoms with E-state index in [1.165, 1.54) is 11.6 Å². The summed E-state index contributed by atoms with van der Waals surface area (Å²) in [5, 5.41) is 12.9. The monoisotopic (exact) mass is 476 g/mol. The highest BCUT2D eigenvalue weighted by Gasteiger charge is 2.58. The molecule has 2 N–H and O–H groups in total.